The van der Waals surface area contributed by atoms with E-state index in [1.807, 2.05) is 37.4 Å². The van der Waals surface area contributed by atoms with E-state index in [1.54, 1.807) is 20.9 Å². The number of likely N-dealkylation sites (N-methyl/N-ethyl adjacent to an activating group) is 2. The van der Waals surface area contributed by atoms with Crippen LogP contribution >= 0.6 is 11.3 Å². The molecule has 0 saturated carbocycles. The molecule has 1 aliphatic rings. The third kappa shape index (κ3) is 14.9. The average molecular weight is 736 g/mol. The molecule has 1 aromatic heterocycles. The van der Waals surface area contributed by atoms with Crippen LogP contribution in [0.4, 0.5) is 10.1 Å². The molecular formula is C34H53N7O9S. The maximum atomic E-state index is 13.6. The quantitative estimate of drug-likeness (QED) is 0.0915. The Bertz CT molecular complexity index is 1350. The van der Waals surface area contributed by atoms with Crippen LogP contribution in [0, 0.1) is 0 Å². The second-order valence-electron chi connectivity index (χ2n) is 11.6. The molecule has 0 radical (unpaired) electrons. The number of thiazole rings is 1. The Balaban J connectivity index is 1.42. The van der Waals surface area contributed by atoms with Crippen LogP contribution in [0.1, 0.15) is 26.7 Å². The number of likely N-dealkylation sites (tertiary alicyclic amines) is 1. The van der Waals surface area contributed by atoms with Gasteiger partial charge in [-0.3, -0.25) is 24.5 Å². The van der Waals surface area contributed by atoms with Gasteiger partial charge >= 0.3 is 0 Å². The fraction of sp³-hybridized carbons (Fsp3) is 0.618. The number of aromatic nitrogens is 1. The van der Waals surface area contributed by atoms with Gasteiger partial charge in [0.25, 0.3) is 5.91 Å². The van der Waals surface area contributed by atoms with Gasteiger partial charge in [-0.1, -0.05) is 41.7 Å². The highest BCUT2D eigenvalue weighted by molar-refractivity contribution is 7.20. The molecule has 1 aliphatic heterocycles. The van der Waals surface area contributed by atoms with Crippen molar-refractivity contribution in [2.24, 2.45) is 0 Å². The van der Waals surface area contributed by atoms with E-state index in [0.717, 1.165) is 23.4 Å². The van der Waals surface area contributed by atoms with E-state index in [4.69, 9.17) is 23.7 Å². The van der Waals surface area contributed by atoms with Gasteiger partial charge in [0.1, 0.15) is 29.4 Å². The van der Waals surface area contributed by atoms with Gasteiger partial charge in [-0.2, -0.15) is 0 Å². The largest absolute Gasteiger partial charge is 0.378 e. The van der Waals surface area contributed by atoms with Gasteiger partial charge in [-0.25, -0.2) is 4.98 Å². The lowest BCUT2D eigenvalue weighted by Crippen LogP contribution is -2.53. The Kier molecular flexibility index (Phi) is 19.6. The van der Waals surface area contributed by atoms with E-state index >= 15 is 0 Å². The fourth-order valence-electron chi connectivity index (χ4n) is 4.90. The molecule has 51 heavy (non-hydrogen) atoms. The monoisotopic (exact) mass is 735 g/mol. The van der Waals surface area contributed by atoms with Crippen molar-refractivity contribution in [2.45, 2.75) is 44.8 Å². The van der Waals surface area contributed by atoms with Gasteiger partial charge in [0, 0.05) is 18.7 Å². The fourth-order valence-corrected chi connectivity index (χ4v) is 5.81. The summed E-state index contributed by atoms with van der Waals surface area (Å²) in [6, 6.07) is 7.29. The van der Waals surface area contributed by atoms with Crippen molar-refractivity contribution in [3.8, 4) is 11.3 Å². The standard InChI is InChI=1S/C34H53N7O9S/c1-24(36-4)30(43)37-25(2)33(45)41-13-8-11-27(41)31(44)40-32-29(26-9-6-5-7-10-26)39-34(51-32)38-28(42)23-50-22-21-49-20-19-48-18-17-47-16-15-46-14-12-35-3/h5-7,9-10,24-25,27,35-36H,8,11-23H2,1-4H3,(H,37,43)(H,40,44)(H,38,39,42)/t24-,25-,27-/m0/s1. The van der Waals surface area contributed by atoms with Gasteiger partial charge < -0.3 is 49.9 Å². The number of carbonyl (C=O) groups is 4. The van der Waals surface area contributed by atoms with Crippen LogP contribution in [0.15, 0.2) is 30.3 Å². The highest BCUT2D eigenvalue weighted by atomic mass is 32.1. The van der Waals surface area contributed by atoms with E-state index in [9.17, 15) is 19.2 Å². The topological polar surface area (TPSA) is 191 Å². The Morgan fingerprint density at radius 3 is 2.06 bits per heavy atom. The Labute approximate surface area is 303 Å². The van der Waals surface area contributed by atoms with Gasteiger partial charge in [0.15, 0.2) is 5.13 Å². The first-order chi connectivity index (χ1) is 24.7. The van der Waals surface area contributed by atoms with Crippen LogP contribution in [0.25, 0.3) is 11.3 Å². The molecule has 4 amide bonds. The Morgan fingerprint density at radius 2 is 1.45 bits per heavy atom. The minimum absolute atomic E-state index is 0.210. The summed E-state index contributed by atoms with van der Waals surface area (Å²) < 4.78 is 27.2. The number of nitrogens with zero attached hydrogens (tertiary/aromatic N) is 2. The number of hydrogen-bond donors (Lipinski definition) is 5. The van der Waals surface area contributed by atoms with Crippen molar-refractivity contribution >= 4 is 45.1 Å². The van der Waals surface area contributed by atoms with Gasteiger partial charge in [-0.05, 0) is 40.8 Å². The predicted octanol–water partition coefficient (Wildman–Crippen LogP) is 1.09. The van der Waals surface area contributed by atoms with E-state index < -0.39 is 24.0 Å². The number of amides is 4. The highest BCUT2D eigenvalue weighted by Gasteiger charge is 2.37. The predicted molar refractivity (Wildman–Crippen MR) is 194 cm³/mol. The number of nitrogens with one attached hydrogen (secondary N) is 5. The second-order valence-corrected chi connectivity index (χ2v) is 12.6. The number of anilines is 2. The van der Waals surface area contributed by atoms with Crippen LogP contribution < -0.4 is 26.6 Å². The number of benzene rings is 1. The molecule has 0 bridgehead atoms. The van der Waals surface area contributed by atoms with Crippen molar-refractivity contribution in [1.82, 2.24) is 25.8 Å². The van der Waals surface area contributed by atoms with Crippen molar-refractivity contribution in [1.29, 1.82) is 0 Å². The zero-order valence-electron chi connectivity index (χ0n) is 30.0. The summed E-state index contributed by atoms with van der Waals surface area (Å²) in [4.78, 5) is 57.9. The maximum Gasteiger partial charge on any atom is 0.252 e. The lowest BCUT2D eigenvalue weighted by molar-refractivity contribution is -0.139. The maximum absolute atomic E-state index is 13.6. The molecule has 16 nitrogen and oxygen atoms in total. The molecule has 0 spiro atoms. The number of hydrogen-bond acceptors (Lipinski definition) is 13. The van der Waals surface area contributed by atoms with Gasteiger partial charge in [0.2, 0.25) is 17.7 Å². The van der Waals surface area contributed by atoms with Crippen molar-refractivity contribution in [3.63, 3.8) is 0 Å². The SMILES string of the molecule is CNCCOCCOCCOCCOCCOCC(=O)Nc1nc(-c2ccccc2)c(NC(=O)[C@@H]2CCCN2C(=O)[C@H](C)NC(=O)[C@H](C)NC)s1. The molecule has 3 atom stereocenters. The van der Waals surface area contributed by atoms with Crippen LogP contribution in [0.3, 0.4) is 0 Å². The lowest BCUT2D eigenvalue weighted by atomic mass is 10.1. The molecular weight excluding hydrogens is 682 g/mol. The summed E-state index contributed by atoms with van der Waals surface area (Å²) in [6.07, 6.45) is 1.13. The average Bonchev–Trinajstić information content (AvgIpc) is 3.78. The zero-order chi connectivity index (χ0) is 36.8. The molecule has 1 aromatic carbocycles. The summed E-state index contributed by atoms with van der Waals surface area (Å²) in [5, 5.41) is 15.0. The van der Waals surface area contributed by atoms with Crippen molar-refractivity contribution < 1.29 is 42.9 Å². The minimum Gasteiger partial charge on any atom is -0.378 e. The van der Waals surface area contributed by atoms with Crippen LogP contribution in [0.5, 0.6) is 0 Å². The lowest BCUT2D eigenvalue weighted by Gasteiger charge is -2.27. The summed E-state index contributed by atoms with van der Waals surface area (Å²) in [5.74, 6) is -1.41. The molecule has 2 heterocycles. The van der Waals surface area contributed by atoms with Gasteiger partial charge in [-0.15, -0.1) is 0 Å². The van der Waals surface area contributed by atoms with Crippen LogP contribution in [-0.4, -0.2) is 145 Å². The van der Waals surface area contributed by atoms with E-state index in [-0.39, 0.29) is 36.1 Å². The smallest absolute Gasteiger partial charge is 0.252 e. The van der Waals surface area contributed by atoms with Crippen molar-refractivity contribution in [2.75, 3.05) is 104 Å². The summed E-state index contributed by atoms with van der Waals surface area (Å²) >= 11 is 1.11. The normalized spacial score (nSPS) is 15.4. The number of carbonyl (C=O) groups excluding carboxylic acids is 4. The first-order valence-corrected chi connectivity index (χ1v) is 18.0. The van der Waals surface area contributed by atoms with Crippen molar-refractivity contribution in [3.05, 3.63) is 30.3 Å². The summed E-state index contributed by atoms with van der Waals surface area (Å²) in [6.45, 7) is 8.27. The molecule has 0 aliphatic carbocycles. The molecule has 284 valence electrons. The van der Waals surface area contributed by atoms with E-state index in [1.165, 1.54) is 4.90 Å². The molecule has 5 N–H and O–H groups in total. The third-order valence-electron chi connectivity index (χ3n) is 7.77. The molecule has 2 aromatic rings. The first kappa shape index (κ1) is 41.9. The number of ether oxygens (including phenoxy) is 5. The molecule has 1 saturated heterocycles. The second kappa shape index (κ2) is 23.8. The number of rotatable bonds is 25. The van der Waals surface area contributed by atoms with Gasteiger partial charge in [0.05, 0.1) is 65.5 Å². The zero-order valence-corrected chi connectivity index (χ0v) is 30.8. The summed E-state index contributed by atoms with van der Waals surface area (Å²) in [7, 11) is 3.53. The van der Waals surface area contributed by atoms with Crippen LogP contribution in [-0.2, 0) is 42.9 Å². The van der Waals surface area contributed by atoms with E-state index in [2.05, 4.69) is 31.6 Å². The van der Waals surface area contributed by atoms with E-state index in [0.29, 0.717) is 82.9 Å². The third-order valence-corrected chi connectivity index (χ3v) is 8.66. The molecule has 1 fully saturated rings. The Morgan fingerprint density at radius 1 is 0.843 bits per heavy atom. The minimum atomic E-state index is -0.797. The Hall–Kier alpha value is -3.55. The van der Waals surface area contributed by atoms with Crippen LogP contribution in [0.2, 0.25) is 0 Å². The first-order valence-electron chi connectivity index (χ1n) is 17.2. The molecule has 3 rings (SSSR count). The highest BCUT2D eigenvalue weighted by Crippen LogP contribution is 2.36. The summed E-state index contributed by atoms with van der Waals surface area (Å²) in [5.41, 5.74) is 1.23. The molecule has 0 unspecified atom stereocenters. The molecule has 17 heteroatoms.